The fourth-order valence-electron chi connectivity index (χ4n) is 3.65. The van der Waals surface area contributed by atoms with E-state index in [1.807, 2.05) is 6.08 Å². The van der Waals surface area contributed by atoms with Gasteiger partial charge in [0.05, 0.1) is 0 Å². The highest BCUT2D eigenvalue weighted by Crippen LogP contribution is 2.38. The molecule has 0 saturated heterocycles. The topological polar surface area (TPSA) is 0 Å². The second-order valence-electron chi connectivity index (χ2n) is 6.40. The van der Waals surface area contributed by atoms with Crippen molar-refractivity contribution in [1.82, 2.24) is 0 Å². The van der Waals surface area contributed by atoms with Crippen LogP contribution in [0.15, 0.2) is 48.6 Å². The summed E-state index contributed by atoms with van der Waals surface area (Å²) in [5.74, 6) is 1.01. The molecular formula is C22H28. The lowest BCUT2D eigenvalue weighted by Crippen LogP contribution is -2.07. The van der Waals surface area contributed by atoms with Gasteiger partial charge in [0.15, 0.2) is 0 Å². The van der Waals surface area contributed by atoms with Gasteiger partial charge in [-0.2, -0.15) is 0 Å². The number of hydrogen-bond donors (Lipinski definition) is 0. The molecule has 0 heteroatoms. The standard InChI is InChI=1S/C22H28/c1-7-10-15(3)20-13-14-21(19(8-2)18(20)6)22-16(4)11-9-12-17(22)5/h7-11,13-15,17H,2,12H2,1,3-6H3/b10-7+. The highest BCUT2D eigenvalue weighted by molar-refractivity contribution is 5.80. The molecule has 0 heterocycles. The largest absolute Gasteiger partial charge is 0.0984 e. The van der Waals surface area contributed by atoms with Crippen molar-refractivity contribution in [2.45, 2.75) is 47.0 Å². The third kappa shape index (κ3) is 3.02. The predicted octanol–water partition coefficient (Wildman–Crippen LogP) is 6.69. The molecule has 2 rings (SSSR count). The molecule has 22 heavy (non-hydrogen) atoms. The zero-order chi connectivity index (χ0) is 16.3. The summed E-state index contributed by atoms with van der Waals surface area (Å²) >= 11 is 0. The lowest BCUT2D eigenvalue weighted by molar-refractivity contribution is 0.751. The van der Waals surface area contributed by atoms with E-state index in [2.05, 4.69) is 77.6 Å². The minimum Gasteiger partial charge on any atom is -0.0984 e. The van der Waals surface area contributed by atoms with E-state index < -0.39 is 0 Å². The molecular weight excluding hydrogens is 264 g/mol. The average molecular weight is 292 g/mol. The van der Waals surface area contributed by atoms with E-state index in [0.29, 0.717) is 11.8 Å². The van der Waals surface area contributed by atoms with Crippen molar-refractivity contribution in [1.29, 1.82) is 0 Å². The van der Waals surface area contributed by atoms with Gasteiger partial charge in [-0.15, -0.1) is 0 Å². The second kappa shape index (κ2) is 6.96. The van der Waals surface area contributed by atoms with Gasteiger partial charge in [0.25, 0.3) is 0 Å². The SMILES string of the molecule is C=Cc1c(C2=C(C)C=CCC2C)ccc(C(C)/C=C/C)c1C. The summed E-state index contributed by atoms with van der Waals surface area (Å²) in [6.07, 6.45) is 12.1. The normalized spacial score (nSPS) is 19.8. The fraction of sp³-hybridized carbons (Fsp3) is 0.364. The van der Waals surface area contributed by atoms with E-state index in [1.165, 1.54) is 33.4 Å². The molecule has 116 valence electrons. The molecule has 1 aliphatic rings. The summed E-state index contributed by atoms with van der Waals surface area (Å²) in [7, 11) is 0. The highest BCUT2D eigenvalue weighted by atomic mass is 14.2. The Bertz CT molecular complexity index is 653. The van der Waals surface area contributed by atoms with E-state index >= 15 is 0 Å². The molecule has 0 amide bonds. The third-order valence-corrected chi connectivity index (χ3v) is 4.80. The van der Waals surface area contributed by atoms with Crippen molar-refractivity contribution >= 4 is 11.6 Å². The van der Waals surface area contributed by atoms with Gasteiger partial charge in [-0.3, -0.25) is 0 Å². The molecule has 0 bridgehead atoms. The minimum absolute atomic E-state index is 0.441. The molecule has 1 aromatic carbocycles. The first kappa shape index (κ1) is 16.5. The first-order valence-corrected chi connectivity index (χ1v) is 8.27. The van der Waals surface area contributed by atoms with Crippen LogP contribution in [0, 0.1) is 12.8 Å². The zero-order valence-corrected chi connectivity index (χ0v) is 14.6. The Morgan fingerprint density at radius 2 is 2.00 bits per heavy atom. The quantitative estimate of drug-likeness (QED) is 0.542. The number of hydrogen-bond acceptors (Lipinski definition) is 0. The van der Waals surface area contributed by atoms with Crippen molar-refractivity contribution in [2.24, 2.45) is 5.92 Å². The summed E-state index contributed by atoms with van der Waals surface area (Å²) in [5, 5.41) is 0. The Morgan fingerprint density at radius 3 is 2.59 bits per heavy atom. The van der Waals surface area contributed by atoms with Crippen LogP contribution >= 0.6 is 0 Å². The molecule has 1 aliphatic carbocycles. The second-order valence-corrected chi connectivity index (χ2v) is 6.40. The van der Waals surface area contributed by atoms with E-state index in [9.17, 15) is 0 Å². The van der Waals surface area contributed by atoms with E-state index in [4.69, 9.17) is 0 Å². The van der Waals surface area contributed by atoms with Crippen LogP contribution in [0.3, 0.4) is 0 Å². The Labute approximate surface area is 136 Å². The molecule has 0 spiro atoms. The zero-order valence-electron chi connectivity index (χ0n) is 14.6. The fourth-order valence-corrected chi connectivity index (χ4v) is 3.65. The monoisotopic (exact) mass is 292 g/mol. The van der Waals surface area contributed by atoms with Crippen LogP contribution in [0.25, 0.3) is 11.6 Å². The van der Waals surface area contributed by atoms with Crippen molar-refractivity contribution < 1.29 is 0 Å². The van der Waals surface area contributed by atoms with E-state index in [0.717, 1.165) is 6.42 Å². The first-order valence-electron chi connectivity index (χ1n) is 8.27. The summed E-state index contributed by atoms with van der Waals surface area (Å²) in [4.78, 5) is 0. The molecule has 0 fully saturated rings. The van der Waals surface area contributed by atoms with Crippen molar-refractivity contribution in [2.75, 3.05) is 0 Å². The summed E-state index contributed by atoms with van der Waals surface area (Å²) in [6, 6.07) is 4.60. The molecule has 0 aliphatic heterocycles. The Morgan fingerprint density at radius 1 is 1.27 bits per heavy atom. The minimum atomic E-state index is 0.441. The molecule has 2 unspecified atom stereocenters. The maximum atomic E-state index is 4.09. The highest BCUT2D eigenvalue weighted by Gasteiger charge is 2.20. The van der Waals surface area contributed by atoms with Gasteiger partial charge in [0, 0.05) is 0 Å². The van der Waals surface area contributed by atoms with Gasteiger partial charge in [-0.1, -0.05) is 62.9 Å². The van der Waals surface area contributed by atoms with Crippen LogP contribution < -0.4 is 0 Å². The summed E-state index contributed by atoms with van der Waals surface area (Å²) in [6.45, 7) is 15.2. The average Bonchev–Trinajstić information content (AvgIpc) is 2.47. The van der Waals surface area contributed by atoms with Crippen molar-refractivity contribution in [3.05, 3.63) is 70.8 Å². The summed E-state index contributed by atoms with van der Waals surface area (Å²) in [5.41, 5.74) is 8.28. The Hall–Kier alpha value is -1.82. The smallest absolute Gasteiger partial charge is 0.000770 e. The van der Waals surface area contributed by atoms with Crippen LogP contribution in [0.5, 0.6) is 0 Å². The summed E-state index contributed by atoms with van der Waals surface area (Å²) < 4.78 is 0. The van der Waals surface area contributed by atoms with Gasteiger partial charge in [0.2, 0.25) is 0 Å². The van der Waals surface area contributed by atoms with Crippen molar-refractivity contribution in [3.63, 3.8) is 0 Å². The molecule has 0 nitrogen and oxygen atoms in total. The molecule has 0 radical (unpaired) electrons. The van der Waals surface area contributed by atoms with Gasteiger partial charge in [0.1, 0.15) is 0 Å². The maximum absolute atomic E-state index is 4.09. The van der Waals surface area contributed by atoms with Crippen LogP contribution in [0.1, 0.15) is 62.3 Å². The molecule has 2 atom stereocenters. The van der Waals surface area contributed by atoms with Gasteiger partial charge < -0.3 is 0 Å². The van der Waals surface area contributed by atoms with Gasteiger partial charge in [-0.05, 0) is 72.4 Å². The van der Waals surface area contributed by atoms with Gasteiger partial charge >= 0.3 is 0 Å². The Kier molecular flexibility index (Phi) is 5.24. The van der Waals surface area contributed by atoms with Crippen LogP contribution in [-0.2, 0) is 0 Å². The molecule has 0 saturated carbocycles. The van der Waals surface area contributed by atoms with Crippen molar-refractivity contribution in [3.8, 4) is 0 Å². The van der Waals surface area contributed by atoms with E-state index in [-0.39, 0.29) is 0 Å². The van der Waals surface area contributed by atoms with Crippen LogP contribution in [-0.4, -0.2) is 0 Å². The number of allylic oxidation sites excluding steroid dienone is 6. The number of rotatable bonds is 4. The van der Waals surface area contributed by atoms with Crippen LogP contribution in [0.4, 0.5) is 0 Å². The lowest BCUT2D eigenvalue weighted by Gasteiger charge is -2.25. The lowest BCUT2D eigenvalue weighted by atomic mass is 9.80. The number of benzene rings is 1. The van der Waals surface area contributed by atoms with Crippen LogP contribution in [0.2, 0.25) is 0 Å². The maximum Gasteiger partial charge on any atom is -0.000770 e. The molecule has 1 aromatic rings. The molecule has 0 aromatic heterocycles. The Balaban J connectivity index is 2.62. The van der Waals surface area contributed by atoms with E-state index in [1.54, 1.807) is 0 Å². The first-order chi connectivity index (χ1) is 10.5. The third-order valence-electron chi connectivity index (χ3n) is 4.80. The van der Waals surface area contributed by atoms with Gasteiger partial charge in [-0.25, -0.2) is 0 Å². The predicted molar refractivity (Wildman–Crippen MR) is 100 cm³/mol. The molecule has 0 N–H and O–H groups in total.